The van der Waals surface area contributed by atoms with Gasteiger partial charge in [0, 0.05) is 55.2 Å². The number of hydrogen-bond donors (Lipinski definition) is 3. The van der Waals surface area contributed by atoms with Gasteiger partial charge >= 0.3 is 0 Å². The van der Waals surface area contributed by atoms with E-state index >= 15 is 4.39 Å². The third-order valence-electron chi connectivity index (χ3n) is 10.4. The van der Waals surface area contributed by atoms with Crippen molar-refractivity contribution in [2.45, 2.75) is 45.5 Å². The smallest absolute Gasteiger partial charge is 0.261 e. The summed E-state index contributed by atoms with van der Waals surface area (Å²) >= 11 is 0. The highest BCUT2D eigenvalue weighted by atomic mass is 19.1. The van der Waals surface area contributed by atoms with Gasteiger partial charge < -0.3 is 44.6 Å². The number of rotatable bonds is 11. The van der Waals surface area contributed by atoms with Gasteiger partial charge in [-0.3, -0.25) is 9.59 Å². The number of allylic oxidation sites excluding steroid dienone is 2. The fourth-order valence-corrected chi connectivity index (χ4v) is 7.07. The van der Waals surface area contributed by atoms with E-state index in [0.717, 1.165) is 29.5 Å². The lowest BCUT2D eigenvalue weighted by atomic mass is 9.82. The molecule has 12 heteroatoms. The highest BCUT2D eigenvalue weighted by Gasteiger charge is 2.29. The lowest BCUT2D eigenvalue weighted by Crippen LogP contribution is -2.37. The molecule has 2 saturated heterocycles. The molecule has 55 heavy (non-hydrogen) atoms. The molecule has 4 heterocycles. The summed E-state index contributed by atoms with van der Waals surface area (Å²) < 4.78 is 46.2. The van der Waals surface area contributed by atoms with Gasteiger partial charge in [0.15, 0.2) is 11.5 Å². The average Bonchev–Trinajstić information content (AvgIpc) is 3.19. The molecule has 0 spiro atoms. The predicted octanol–water partition coefficient (Wildman–Crippen LogP) is 6.15. The standard InChI is InChI=1S/C43H47FN4O7/c1-27-4-6-28(7-5-27)35-22-48(26-43(2)12-14-52-15-13-43)23-36(40(35)49)42(50)47-31-9-10-33(37(44)20-31)34-18-30(21-46-41(34)45)29-8-11-38(39(19-29)51-3)55-25-32-24-53-16-17-54-32/h4-11,18-23,32,41,46H,12-17,24-26,45H2,1-3H3,(H,47,50)/t32-,41?/m1/s1. The van der Waals surface area contributed by atoms with Crippen LogP contribution in [0.3, 0.4) is 0 Å². The maximum Gasteiger partial charge on any atom is 0.261 e. The van der Waals surface area contributed by atoms with Crippen molar-refractivity contribution >= 4 is 22.7 Å². The number of methoxy groups -OCH3 is 1. The molecule has 1 aromatic heterocycles. The van der Waals surface area contributed by atoms with Gasteiger partial charge in [0.1, 0.15) is 30.3 Å². The quantitative estimate of drug-likeness (QED) is 0.165. The number of nitrogens with one attached hydrogen (secondary N) is 2. The second-order valence-electron chi connectivity index (χ2n) is 14.6. The molecule has 0 saturated carbocycles. The van der Waals surface area contributed by atoms with Crippen LogP contribution < -0.4 is 31.3 Å². The number of nitrogens with two attached hydrogens (primary N) is 1. The minimum Gasteiger partial charge on any atom is -0.493 e. The highest BCUT2D eigenvalue weighted by Crippen LogP contribution is 2.35. The molecule has 4 N–H and O–H groups in total. The van der Waals surface area contributed by atoms with Crippen molar-refractivity contribution in [2.75, 3.05) is 52.1 Å². The van der Waals surface area contributed by atoms with Crippen LogP contribution in [0.4, 0.5) is 10.1 Å². The molecular formula is C43H47FN4O7. The van der Waals surface area contributed by atoms with Crippen molar-refractivity contribution in [1.82, 2.24) is 9.88 Å². The van der Waals surface area contributed by atoms with Crippen LogP contribution in [-0.2, 0) is 20.8 Å². The first kappa shape index (κ1) is 38.0. The Hall–Kier alpha value is -5.27. The highest BCUT2D eigenvalue weighted by molar-refractivity contribution is 6.04. The number of ether oxygens (including phenoxy) is 5. The van der Waals surface area contributed by atoms with E-state index in [2.05, 4.69) is 17.6 Å². The number of carbonyl (C=O) groups is 1. The molecule has 288 valence electrons. The third-order valence-corrected chi connectivity index (χ3v) is 10.4. The molecule has 0 bridgehead atoms. The summed E-state index contributed by atoms with van der Waals surface area (Å²) in [6, 6.07) is 17.6. The number of hydrogen-bond acceptors (Lipinski definition) is 9. The van der Waals surface area contributed by atoms with Gasteiger partial charge in [0.2, 0.25) is 5.43 Å². The first-order valence-corrected chi connectivity index (χ1v) is 18.5. The molecule has 11 nitrogen and oxygen atoms in total. The molecule has 3 aliphatic heterocycles. The minimum absolute atomic E-state index is 0.0302. The molecule has 3 aromatic carbocycles. The number of amides is 1. The summed E-state index contributed by atoms with van der Waals surface area (Å²) in [7, 11) is 1.57. The Balaban J connectivity index is 1.11. The van der Waals surface area contributed by atoms with E-state index in [-0.39, 0.29) is 28.3 Å². The maximum absolute atomic E-state index is 15.9. The van der Waals surface area contributed by atoms with Crippen molar-refractivity contribution in [3.05, 3.63) is 124 Å². The zero-order chi connectivity index (χ0) is 38.5. The number of pyridine rings is 1. The number of dihydropyridines is 1. The predicted molar refractivity (Wildman–Crippen MR) is 210 cm³/mol. The van der Waals surface area contributed by atoms with Gasteiger partial charge in [-0.1, -0.05) is 42.8 Å². The Morgan fingerprint density at radius 2 is 1.76 bits per heavy atom. The normalized spacial score (nSPS) is 19.4. The molecule has 0 radical (unpaired) electrons. The van der Waals surface area contributed by atoms with Crippen molar-refractivity contribution in [2.24, 2.45) is 11.1 Å². The van der Waals surface area contributed by atoms with Gasteiger partial charge in [-0.15, -0.1) is 0 Å². The fourth-order valence-electron chi connectivity index (χ4n) is 7.07. The topological polar surface area (TPSA) is 135 Å². The minimum atomic E-state index is -0.693. The van der Waals surface area contributed by atoms with E-state index in [1.165, 1.54) is 6.07 Å². The number of halogens is 1. The number of aromatic nitrogens is 1. The lowest BCUT2D eigenvalue weighted by Gasteiger charge is -2.34. The number of benzene rings is 3. The Bertz CT molecular complexity index is 2150. The number of carbonyl (C=O) groups excluding carboxylic acids is 1. The first-order valence-electron chi connectivity index (χ1n) is 18.5. The van der Waals surface area contributed by atoms with Crippen molar-refractivity contribution in [3.8, 4) is 22.6 Å². The van der Waals surface area contributed by atoms with E-state index < -0.39 is 23.3 Å². The Morgan fingerprint density at radius 3 is 2.49 bits per heavy atom. The van der Waals surface area contributed by atoms with E-state index in [4.69, 9.17) is 29.4 Å². The van der Waals surface area contributed by atoms with Crippen LogP contribution in [0.1, 0.15) is 46.8 Å². The summed E-state index contributed by atoms with van der Waals surface area (Å²) in [5.74, 6) is -0.126. The Labute approximate surface area is 319 Å². The summed E-state index contributed by atoms with van der Waals surface area (Å²) in [4.78, 5) is 27.7. The molecule has 2 fully saturated rings. The molecule has 3 aliphatic rings. The van der Waals surface area contributed by atoms with Gasteiger partial charge in [-0.2, -0.15) is 0 Å². The number of aryl methyl sites for hydroxylation is 1. The Morgan fingerprint density at radius 1 is 0.982 bits per heavy atom. The molecule has 1 amide bonds. The first-order chi connectivity index (χ1) is 26.6. The Kier molecular flexibility index (Phi) is 11.5. The number of nitrogens with zero attached hydrogens (tertiary/aromatic N) is 1. The fraction of sp³-hybridized carbons (Fsp3) is 0.349. The molecular weight excluding hydrogens is 703 g/mol. The van der Waals surface area contributed by atoms with E-state index in [9.17, 15) is 9.59 Å². The van der Waals surface area contributed by atoms with Crippen LogP contribution in [-0.4, -0.2) is 69.5 Å². The zero-order valence-electron chi connectivity index (χ0n) is 31.4. The lowest BCUT2D eigenvalue weighted by molar-refractivity contribution is -0.101. The van der Waals surface area contributed by atoms with Gasteiger partial charge in [-0.25, -0.2) is 4.39 Å². The van der Waals surface area contributed by atoms with Crippen molar-refractivity contribution in [1.29, 1.82) is 0 Å². The van der Waals surface area contributed by atoms with E-state index in [0.29, 0.717) is 74.4 Å². The second kappa shape index (κ2) is 16.6. The van der Waals surface area contributed by atoms with Crippen LogP contribution in [0.5, 0.6) is 11.5 Å². The largest absolute Gasteiger partial charge is 0.493 e. The second-order valence-corrected chi connectivity index (χ2v) is 14.6. The van der Waals surface area contributed by atoms with Crippen LogP contribution in [0, 0.1) is 18.2 Å². The molecule has 1 unspecified atom stereocenters. The third kappa shape index (κ3) is 8.84. The molecule has 0 aliphatic carbocycles. The van der Waals surface area contributed by atoms with Gasteiger partial charge in [0.05, 0.1) is 26.9 Å². The van der Waals surface area contributed by atoms with Crippen LogP contribution >= 0.6 is 0 Å². The SMILES string of the molecule is COc1cc(C2=CNC(N)C(c3ccc(NC(=O)c4cn(CC5(C)CCOCC5)cc(-c5ccc(C)cc5)c4=O)cc3F)=C2)ccc1OC[C@H]1COCCO1. The van der Waals surface area contributed by atoms with Crippen molar-refractivity contribution < 1.29 is 32.9 Å². The van der Waals surface area contributed by atoms with Crippen LogP contribution in [0.25, 0.3) is 22.3 Å². The van der Waals surface area contributed by atoms with E-state index in [1.54, 1.807) is 31.6 Å². The van der Waals surface area contributed by atoms with Crippen LogP contribution in [0.15, 0.2) is 90.1 Å². The molecule has 2 atom stereocenters. The average molecular weight is 751 g/mol. The maximum atomic E-state index is 15.9. The van der Waals surface area contributed by atoms with Gasteiger partial charge in [0.25, 0.3) is 5.91 Å². The van der Waals surface area contributed by atoms with Gasteiger partial charge in [-0.05, 0) is 83.9 Å². The summed E-state index contributed by atoms with van der Waals surface area (Å²) in [6.45, 7) is 8.00. The summed E-state index contributed by atoms with van der Waals surface area (Å²) in [5, 5.41) is 5.89. The molecule has 7 rings (SSSR count). The summed E-state index contributed by atoms with van der Waals surface area (Å²) in [5.41, 5.74) is 10.6. The summed E-state index contributed by atoms with van der Waals surface area (Å²) in [6.07, 6.45) is 7.87. The van der Waals surface area contributed by atoms with E-state index in [1.807, 2.05) is 66.2 Å². The van der Waals surface area contributed by atoms with Crippen molar-refractivity contribution in [3.63, 3.8) is 0 Å². The number of anilines is 1. The monoisotopic (exact) mass is 750 g/mol. The molecule has 4 aromatic rings. The van der Waals surface area contributed by atoms with Crippen LogP contribution in [0.2, 0.25) is 0 Å². The zero-order valence-corrected chi connectivity index (χ0v) is 31.4.